The lowest BCUT2D eigenvalue weighted by atomic mass is 9.93. The van der Waals surface area contributed by atoms with Crippen LogP contribution in [0, 0.1) is 5.92 Å². The Morgan fingerprint density at radius 3 is 2.53 bits per heavy atom. The van der Waals surface area contributed by atoms with E-state index >= 15 is 0 Å². The minimum absolute atomic E-state index is 0. The topological polar surface area (TPSA) is 125 Å². The number of hydrogen-bond acceptors (Lipinski definition) is 7. The lowest BCUT2D eigenvalue weighted by molar-refractivity contribution is -0.364. The van der Waals surface area contributed by atoms with Crippen LogP contribution in [0.25, 0.3) is 22.2 Å². The Morgan fingerprint density at radius 1 is 1.00 bits per heavy atom. The van der Waals surface area contributed by atoms with Gasteiger partial charge in [0.15, 0.2) is 0 Å². The molecule has 32 heavy (non-hydrogen) atoms. The summed E-state index contributed by atoms with van der Waals surface area (Å²) in [5, 5.41) is 38.0. The molecular weight excluding hydrogens is 430 g/mol. The first kappa shape index (κ1) is 22.7. The second kappa shape index (κ2) is 9.54. The standard InChI is InChI=1S/C23H27N5O3.ClH/c29-12-14-10-19(21(31)20(14)30)27-22-16(11-24-23(28-22)25-15-5-3-6-15)18-9-8-13-4-1-2-7-17(13)26-18;/h1-2,4,7-9,11,14-15,19-21,29-31H,3,5-6,10,12H2,(H2,24,25,27,28);1H/t14-,19?,20-,21+;/m1./s1. The number of aromatic nitrogens is 3. The average Bonchev–Trinajstić information content (AvgIpc) is 3.04. The van der Waals surface area contributed by atoms with Gasteiger partial charge >= 0.3 is 5.95 Å². The van der Waals surface area contributed by atoms with Gasteiger partial charge in [0.2, 0.25) is 5.82 Å². The number of hydrogen-bond donors (Lipinski definition) is 5. The van der Waals surface area contributed by atoms with Crippen LogP contribution in [0.2, 0.25) is 0 Å². The van der Waals surface area contributed by atoms with E-state index in [0.29, 0.717) is 24.2 Å². The molecule has 5 rings (SSSR count). The summed E-state index contributed by atoms with van der Waals surface area (Å²) in [7, 11) is 0. The van der Waals surface area contributed by atoms with Gasteiger partial charge in [-0.1, -0.05) is 29.2 Å². The molecule has 3 aromatic rings. The number of aliphatic hydroxyl groups excluding tert-OH is 3. The number of para-hydroxylation sites is 1. The molecule has 0 amide bonds. The third kappa shape index (κ3) is 4.36. The van der Waals surface area contributed by atoms with E-state index in [-0.39, 0.29) is 24.9 Å². The smallest absolute Gasteiger partial charge is 0.391 e. The van der Waals surface area contributed by atoms with E-state index in [4.69, 9.17) is 9.97 Å². The highest BCUT2D eigenvalue weighted by molar-refractivity contribution is 5.83. The number of rotatable bonds is 6. The molecule has 2 aliphatic rings. The number of fused-ring (bicyclic) bond motifs is 1. The maximum Gasteiger partial charge on any atom is 0.391 e. The summed E-state index contributed by atoms with van der Waals surface area (Å²) in [5.74, 6) is 0.874. The second-order valence-electron chi connectivity index (χ2n) is 8.58. The van der Waals surface area contributed by atoms with Crippen LogP contribution in [0.5, 0.6) is 0 Å². The zero-order chi connectivity index (χ0) is 21.4. The van der Waals surface area contributed by atoms with Crippen LogP contribution in [0.4, 0.5) is 11.8 Å². The molecule has 4 atom stereocenters. The van der Waals surface area contributed by atoms with Crippen molar-refractivity contribution in [3.05, 3.63) is 42.6 Å². The summed E-state index contributed by atoms with van der Waals surface area (Å²) in [6, 6.07) is 11.9. The summed E-state index contributed by atoms with van der Waals surface area (Å²) in [6.07, 6.45) is 3.84. The normalized spacial score (nSPS) is 25.2. The van der Waals surface area contributed by atoms with Crippen LogP contribution in [0.3, 0.4) is 0 Å². The monoisotopic (exact) mass is 457 g/mol. The van der Waals surface area contributed by atoms with Gasteiger partial charge in [-0.3, -0.25) is 5.32 Å². The molecule has 6 N–H and O–H groups in total. The molecule has 9 heteroatoms. The van der Waals surface area contributed by atoms with Crippen molar-refractivity contribution in [2.45, 2.75) is 50.0 Å². The van der Waals surface area contributed by atoms with E-state index in [1.807, 2.05) is 42.6 Å². The van der Waals surface area contributed by atoms with Crippen molar-refractivity contribution in [2.24, 2.45) is 5.92 Å². The molecule has 170 valence electrons. The first-order chi connectivity index (χ1) is 15.1. The fourth-order valence-electron chi connectivity index (χ4n) is 4.38. The van der Waals surface area contributed by atoms with Crippen molar-refractivity contribution < 1.29 is 32.7 Å². The molecule has 1 unspecified atom stereocenters. The van der Waals surface area contributed by atoms with E-state index in [1.165, 1.54) is 6.42 Å². The minimum atomic E-state index is -0.983. The molecule has 2 saturated carbocycles. The van der Waals surface area contributed by atoms with Crippen LogP contribution in [-0.4, -0.2) is 56.2 Å². The number of halogens is 1. The minimum Gasteiger partial charge on any atom is -1.00 e. The van der Waals surface area contributed by atoms with Gasteiger partial charge in [0, 0.05) is 17.9 Å². The van der Waals surface area contributed by atoms with E-state index < -0.39 is 18.2 Å². The molecule has 0 aliphatic heterocycles. The van der Waals surface area contributed by atoms with E-state index in [1.54, 1.807) is 0 Å². The van der Waals surface area contributed by atoms with Crippen molar-refractivity contribution >= 4 is 22.7 Å². The van der Waals surface area contributed by atoms with E-state index in [0.717, 1.165) is 35.0 Å². The van der Waals surface area contributed by atoms with Crippen LogP contribution < -0.4 is 28.0 Å². The number of anilines is 2. The van der Waals surface area contributed by atoms with Gasteiger partial charge in [-0.15, -0.1) is 0 Å². The highest BCUT2D eigenvalue weighted by Crippen LogP contribution is 2.32. The molecule has 0 bridgehead atoms. The number of aliphatic hydroxyl groups is 3. The maximum atomic E-state index is 10.5. The highest BCUT2D eigenvalue weighted by Gasteiger charge is 2.42. The second-order valence-corrected chi connectivity index (χ2v) is 8.58. The Kier molecular flexibility index (Phi) is 6.76. The highest BCUT2D eigenvalue weighted by atomic mass is 35.5. The Morgan fingerprint density at radius 2 is 1.81 bits per heavy atom. The molecule has 0 radical (unpaired) electrons. The van der Waals surface area contributed by atoms with Crippen molar-refractivity contribution in [1.82, 2.24) is 9.97 Å². The third-order valence-corrected chi connectivity index (χ3v) is 6.51. The Balaban J connectivity index is 0.00000245. The molecule has 2 aliphatic carbocycles. The molecular formula is C23H28ClN5O3. The summed E-state index contributed by atoms with van der Waals surface area (Å²) in [4.78, 5) is 12.8. The van der Waals surface area contributed by atoms with Crippen molar-refractivity contribution in [3.8, 4) is 11.3 Å². The number of nitrogens with one attached hydrogen (secondary N) is 3. The van der Waals surface area contributed by atoms with Crippen LogP contribution in [0.15, 0.2) is 42.6 Å². The number of H-pyrrole nitrogens is 1. The fraction of sp³-hybridized carbons (Fsp3) is 0.435. The van der Waals surface area contributed by atoms with Gasteiger partial charge in [0.05, 0.1) is 41.2 Å². The quantitative estimate of drug-likeness (QED) is 0.308. The van der Waals surface area contributed by atoms with Gasteiger partial charge in [-0.05, 0) is 37.8 Å². The molecule has 2 heterocycles. The number of pyridine rings is 1. The van der Waals surface area contributed by atoms with Crippen LogP contribution in [0.1, 0.15) is 25.7 Å². The van der Waals surface area contributed by atoms with Gasteiger partial charge in [0.25, 0.3) is 0 Å². The lowest BCUT2D eigenvalue weighted by Crippen LogP contribution is -3.00. The molecule has 1 aromatic carbocycles. The predicted octanol–water partition coefficient (Wildman–Crippen LogP) is -1.41. The summed E-state index contributed by atoms with van der Waals surface area (Å²) in [5.41, 5.74) is 2.42. The van der Waals surface area contributed by atoms with Crippen LogP contribution >= 0.6 is 0 Å². The number of aromatic amines is 1. The Bertz CT molecular complexity index is 1080. The number of benzene rings is 1. The molecule has 2 fully saturated rings. The van der Waals surface area contributed by atoms with Crippen molar-refractivity contribution in [2.75, 3.05) is 17.2 Å². The van der Waals surface area contributed by atoms with E-state index in [2.05, 4.69) is 15.6 Å². The van der Waals surface area contributed by atoms with Crippen LogP contribution in [-0.2, 0) is 0 Å². The van der Waals surface area contributed by atoms with Crippen molar-refractivity contribution in [3.63, 3.8) is 0 Å². The van der Waals surface area contributed by atoms with Gasteiger partial charge in [-0.25, -0.2) is 9.97 Å². The Hall–Kier alpha value is -2.52. The van der Waals surface area contributed by atoms with E-state index in [9.17, 15) is 15.3 Å². The molecule has 0 saturated heterocycles. The zero-order valence-corrected chi connectivity index (χ0v) is 18.3. The largest absolute Gasteiger partial charge is 1.00 e. The Labute approximate surface area is 192 Å². The van der Waals surface area contributed by atoms with Gasteiger partial charge in [0.1, 0.15) is 6.10 Å². The summed E-state index contributed by atoms with van der Waals surface area (Å²) >= 11 is 0. The van der Waals surface area contributed by atoms with Crippen molar-refractivity contribution in [1.29, 1.82) is 0 Å². The van der Waals surface area contributed by atoms with Gasteiger partial charge < -0.3 is 33.0 Å². The summed E-state index contributed by atoms with van der Waals surface area (Å²) < 4.78 is 0. The molecule has 0 spiro atoms. The zero-order valence-electron chi connectivity index (χ0n) is 17.6. The first-order valence-electron chi connectivity index (χ1n) is 10.9. The number of nitrogens with zero attached hydrogens (tertiary/aromatic N) is 2. The average molecular weight is 458 g/mol. The molecule has 2 aromatic heterocycles. The third-order valence-electron chi connectivity index (χ3n) is 6.51. The lowest BCUT2D eigenvalue weighted by Gasteiger charge is -2.23. The SMILES string of the molecule is OC[C@H]1CC(Nc2nc(NC3CCC3)[nH+]cc2-c2ccc3ccccc3n2)[C@H](O)[C@@H]1O.[Cl-]. The molecule has 8 nitrogen and oxygen atoms in total. The summed E-state index contributed by atoms with van der Waals surface area (Å²) in [6.45, 7) is -0.167. The van der Waals surface area contributed by atoms with Gasteiger partial charge in [-0.2, -0.15) is 0 Å². The maximum absolute atomic E-state index is 10.5. The fourth-order valence-corrected chi connectivity index (χ4v) is 4.38. The predicted molar refractivity (Wildman–Crippen MR) is 117 cm³/mol. The first-order valence-corrected chi connectivity index (χ1v) is 10.9.